The molecule has 1 aromatic rings. The van der Waals surface area contributed by atoms with Crippen LogP contribution < -0.4 is 0 Å². The molecule has 4 heteroatoms. The van der Waals surface area contributed by atoms with Crippen molar-refractivity contribution in [1.29, 1.82) is 0 Å². The summed E-state index contributed by atoms with van der Waals surface area (Å²) in [7, 11) is 0. The van der Waals surface area contributed by atoms with Gasteiger partial charge in [-0.05, 0) is 43.4 Å². The first-order chi connectivity index (χ1) is 12.1. The molecule has 3 nitrogen and oxygen atoms in total. The number of benzene rings is 1. The Bertz CT molecular complexity index is 667. The van der Waals surface area contributed by atoms with Crippen molar-refractivity contribution in [2.45, 2.75) is 70.3 Å². The summed E-state index contributed by atoms with van der Waals surface area (Å²) in [5, 5.41) is 0.652. The smallest absolute Gasteiger partial charge is 0.320 e. The molecular weight excluding hydrogens is 336 g/mol. The van der Waals surface area contributed by atoms with Crippen LogP contribution in [-0.2, 0) is 14.3 Å². The van der Waals surface area contributed by atoms with Gasteiger partial charge in [-0.15, -0.1) is 0 Å². The summed E-state index contributed by atoms with van der Waals surface area (Å²) in [6.45, 7) is 0. The summed E-state index contributed by atoms with van der Waals surface area (Å²) in [4.78, 5) is 26.8. The molecule has 2 spiro atoms. The van der Waals surface area contributed by atoms with Crippen LogP contribution in [0.3, 0.4) is 0 Å². The number of ether oxygens (including phenoxy) is 1. The van der Waals surface area contributed by atoms with Crippen molar-refractivity contribution >= 4 is 23.4 Å². The molecule has 134 valence electrons. The van der Waals surface area contributed by atoms with Crippen LogP contribution in [-0.4, -0.2) is 11.8 Å². The predicted molar refractivity (Wildman–Crippen MR) is 96.3 cm³/mol. The second-order valence-electron chi connectivity index (χ2n) is 8.03. The molecule has 0 unspecified atom stereocenters. The lowest BCUT2D eigenvalue weighted by Gasteiger charge is -2.52. The standard InChI is InChI=1S/C21H25ClO3/c22-16-9-7-15(8-10-16)17-20(11-3-1-4-12-20)18(23)21(19(24)25-17)13-5-2-6-14-21/h7-10,17H,1-6,11-14H2/t17-/m0/s1. The molecule has 1 atom stereocenters. The fourth-order valence-electron chi connectivity index (χ4n) is 5.30. The van der Waals surface area contributed by atoms with E-state index >= 15 is 0 Å². The van der Waals surface area contributed by atoms with Crippen molar-refractivity contribution in [1.82, 2.24) is 0 Å². The molecule has 0 radical (unpaired) electrons. The maximum absolute atomic E-state index is 13.8. The Morgan fingerprint density at radius 1 is 0.840 bits per heavy atom. The number of carbonyl (C=O) groups is 2. The zero-order valence-electron chi connectivity index (χ0n) is 14.6. The Labute approximate surface area is 154 Å². The third-order valence-electron chi connectivity index (χ3n) is 6.63. The summed E-state index contributed by atoms with van der Waals surface area (Å²) in [6.07, 6.45) is 8.75. The van der Waals surface area contributed by atoms with Crippen LogP contribution in [0.4, 0.5) is 0 Å². The van der Waals surface area contributed by atoms with Gasteiger partial charge < -0.3 is 4.74 Å². The molecular formula is C21H25ClO3. The largest absolute Gasteiger partial charge is 0.456 e. The maximum Gasteiger partial charge on any atom is 0.320 e. The molecule has 0 N–H and O–H groups in total. The summed E-state index contributed by atoms with van der Waals surface area (Å²) >= 11 is 6.03. The zero-order valence-corrected chi connectivity index (χ0v) is 15.3. The summed E-state index contributed by atoms with van der Waals surface area (Å²) in [5.41, 5.74) is -0.519. The number of rotatable bonds is 1. The van der Waals surface area contributed by atoms with Crippen LogP contribution >= 0.6 is 11.6 Å². The van der Waals surface area contributed by atoms with E-state index in [1.54, 1.807) is 0 Å². The van der Waals surface area contributed by atoms with Gasteiger partial charge >= 0.3 is 5.97 Å². The Hall–Kier alpha value is -1.35. The van der Waals surface area contributed by atoms with E-state index in [9.17, 15) is 9.59 Å². The monoisotopic (exact) mass is 360 g/mol. The minimum absolute atomic E-state index is 0.176. The minimum Gasteiger partial charge on any atom is -0.456 e. The Balaban J connectivity index is 1.78. The van der Waals surface area contributed by atoms with Gasteiger partial charge in [0.1, 0.15) is 11.5 Å². The summed E-state index contributed by atoms with van der Waals surface area (Å²) < 4.78 is 6.07. The molecule has 2 saturated carbocycles. The fraction of sp³-hybridized carbons (Fsp3) is 0.619. The third kappa shape index (κ3) is 2.63. The molecule has 25 heavy (non-hydrogen) atoms. The van der Waals surface area contributed by atoms with Crippen LogP contribution in [0, 0.1) is 10.8 Å². The van der Waals surface area contributed by atoms with Gasteiger partial charge in [-0.25, -0.2) is 0 Å². The molecule has 0 aromatic heterocycles. The molecule has 3 fully saturated rings. The van der Waals surface area contributed by atoms with Crippen molar-refractivity contribution < 1.29 is 14.3 Å². The molecule has 0 amide bonds. The van der Waals surface area contributed by atoms with Crippen molar-refractivity contribution in [3.05, 3.63) is 34.9 Å². The minimum atomic E-state index is -0.876. The van der Waals surface area contributed by atoms with Gasteiger partial charge in [-0.3, -0.25) is 9.59 Å². The van der Waals surface area contributed by atoms with Crippen LogP contribution in [0.25, 0.3) is 0 Å². The van der Waals surface area contributed by atoms with E-state index < -0.39 is 16.9 Å². The number of hydrogen-bond donors (Lipinski definition) is 0. The van der Waals surface area contributed by atoms with Crippen molar-refractivity contribution in [2.24, 2.45) is 10.8 Å². The molecule has 1 aromatic carbocycles. The van der Waals surface area contributed by atoms with E-state index in [1.165, 1.54) is 0 Å². The maximum atomic E-state index is 13.8. The van der Waals surface area contributed by atoms with Crippen LogP contribution in [0.5, 0.6) is 0 Å². The van der Waals surface area contributed by atoms with Crippen LogP contribution in [0.2, 0.25) is 5.02 Å². The van der Waals surface area contributed by atoms with Gasteiger partial charge in [0.25, 0.3) is 0 Å². The van der Waals surface area contributed by atoms with Gasteiger partial charge in [0.15, 0.2) is 5.78 Å². The van der Waals surface area contributed by atoms with Crippen LogP contribution in [0.15, 0.2) is 24.3 Å². The summed E-state index contributed by atoms with van der Waals surface area (Å²) in [6, 6.07) is 7.44. The number of esters is 1. The highest BCUT2D eigenvalue weighted by molar-refractivity contribution is 6.30. The molecule has 1 heterocycles. The van der Waals surface area contributed by atoms with E-state index in [2.05, 4.69) is 0 Å². The Morgan fingerprint density at radius 2 is 1.40 bits per heavy atom. The lowest BCUT2D eigenvalue weighted by molar-refractivity contribution is -0.198. The number of cyclic esters (lactones) is 1. The van der Waals surface area contributed by atoms with E-state index in [-0.39, 0.29) is 11.8 Å². The van der Waals surface area contributed by atoms with Gasteiger partial charge in [0.05, 0.1) is 5.41 Å². The number of ketones is 1. The van der Waals surface area contributed by atoms with E-state index in [0.717, 1.165) is 56.9 Å². The third-order valence-corrected chi connectivity index (χ3v) is 6.88. The molecule has 1 aliphatic heterocycles. The fourth-order valence-corrected chi connectivity index (χ4v) is 5.43. The van der Waals surface area contributed by atoms with Crippen LogP contribution in [0.1, 0.15) is 75.9 Å². The first kappa shape index (κ1) is 17.1. The summed E-state index contributed by atoms with van der Waals surface area (Å²) in [5.74, 6) is -0.107. The Morgan fingerprint density at radius 3 is 2.00 bits per heavy atom. The number of Topliss-reactive ketones (excluding diaryl/α,β-unsaturated/α-hetero) is 1. The SMILES string of the molecule is O=C1O[C@@H](c2ccc(Cl)cc2)C2(CCCCC2)C(=O)C12CCCCC2. The lowest BCUT2D eigenvalue weighted by atomic mass is 9.55. The van der Waals surface area contributed by atoms with Crippen molar-refractivity contribution in [3.63, 3.8) is 0 Å². The number of hydrogen-bond acceptors (Lipinski definition) is 3. The number of halogens is 1. The molecule has 2 aliphatic carbocycles. The average Bonchev–Trinajstić information content (AvgIpc) is 2.66. The highest BCUT2D eigenvalue weighted by Gasteiger charge is 2.63. The van der Waals surface area contributed by atoms with Crippen molar-refractivity contribution in [2.75, 3.05) is 0 Å². The van der Waals surface area contributed by atoms with E-state index in [1.807, 2.05) is 24.3 Å². The van der Waals surface area contributed by atoms with Crippen molar-refractivity contribution in [3.8, 4) is 0 Å². The normalized spacial score (nSPS) is 28.1. The second kappa shape index (κ2) is 6.42. The number of carbonyl (C=O) groups excluding carboxylic acids is 2. The van der Waals surface area contributed by atoms with E-state index in [4.69, 9.17) is 16.3 Å². The predicted octanol–water partition coefficient (Wildman–Crippen LogP) is 5.41. The lowest BCUT2D eigenvalue weighted by Crippen LogP contribution is -2.58. The molecule has 1 saturated heterocycles. The van der Waals surface area contributed by atoms with Gasteiger partial charge in [0, 0.05) is 5.02 Å². The Kier molecular flexibility index (Phi) is 4.39. The quantitative estimate of drug-likeness (QED) is 0.497. The van der Waals surface area contributed by atoms with Gasteiger partial charge in [-0.2, -0.15) is 0 Å². The topological polar surface area (TPSA) is 43.4 Å². The van der Waals surface area contributed by atoms with E-state index in [0.29, 0.717) is 17.9 Å². The molecule has 0 bridgehead atoms. The second-order valence-corrected chi connectivity index (χ2v) is 8.46. The van der Waals surface area contributed by atoms with Gasteiger partial charge in [-0.1, -0.05) is 62.3 Å². The average molecular weight is 361 g/mol. The first-order valence-electron chi connectivity index (χ1n) is 9.60. The highest BCUT2D eigenvalue weighted by atomic mass is 35.5. The molecule has 4 rings (SSSR count). The zero-order chi connectivity index (χ0) is 17.5. The highest BCUT2D eigenvalue weighted by Crippen LogP contribution is 2.58. The van der Waals surface area contributed by atoms with Gasteiger partial charge in [0.2, 0.25) is 0 Å². The first-order valence-corrected chi connectivity index (χ1v) is 9.98. The molecule has 3 aliphatic rings.